The molecular formula is C44H48F2N10O6. The Bertz CT molecular complexity index is 2390. The summed E-state index contributed by atoms with van der Waals surface area (Å²) in [6.45, 7) is 6.33. The lowest BCUT2D eigenvalue weighted by Gasteiger charge is -2.29. The number of rotatable bonds is 16. The van der Waals surface area contributed by atoms with Gasteiger partial charge in [0.15, 0.2) is 0 Å². The molecule has 0 spiro atoms. The first kappa shape index (κ1) is 43.7. The number of ether oxygens (including phenoxy) is 1. The van der Waals surface area contributed by atoms with Crippen molar-refractivity contribution < 1.29 is 32.7 Å². The third-order valence-electron chi connectivity index (χ3n) is 11.3. The number of fused-ring (bicyclic) bond motifs is 2. The SMILES string of the molecule is CC(CCC(=O)N=O)N1C(=O)c2ccc(NCCNC(=O)CN3CCC(N=CC(=CN)c4cnc5cccc(-c6cc(F)c(CN7CCOCC7)c(F)c6)c5n4)CC3)cc2C1=O. The molecule has 16 nitrogen and oxygen atoms in total. The van der Waals surface area contributed by atoms with Crippen LogP contribution in [0.15, 0.2) is 71.1 Å². The molecular weight excluding hydrogens is 803 g/mol. The summed E-state index contributed by atoms with van der Waals surface area (Å²) in [6.07, 6.45) is 6.08. The van der Waals surface area contributed by atoms with E-state index in [9.17, 15) is 24.1 Å². The summed E-state index contributed by atoms with van der Waals surface area (Å²) in [7, 11) is 0. The van der Waals surface area contributed by atoms with Gasteiger partial charge in [0.2, 0.25) is 5.91 Å². The highest BCUT2D eigenvalue weighted by atomic mass is 19.1. The number of anilines is 1. The summed E-state index contributed by atoms with van der Waals surface area (Å²) >= 11 is 0. The molecule has 18 heteroatoms. The maximum absolute atomic E-state index is 15.4. The van der Waals surface area contributed by atoms with Crippen molar-refractivity contribution in [3.05, 3.63) is 99.9 Å². The molecule has 4 N–H and O–H groups in total. The maximum atomic E-state index is 15.4. The van der Waals surface area contributed by atoms with E-state index in [-0.39, 0.29) is 54.6 Å². The number of imide groups is 1. The minimum Gasteiger partial charge on any atom is -0.404 e. The van der Waals surface area contributed by atoms with Gasteiger partial charge in [0, 0.05) is 98.3 Å². The predicted octanol–water partition coefficient (Wildman–Crippen LogP) is 4.53. The molecule has 2 fully saturated rings. The molecule has 7 rings (SSSR count). The van der Waals surface area contributed by atoms with E-state index >= 15 is 8.78 Å². The summed E-state index contributed by atoms with van der Waals surface area (Å²) < 4.78 is 36.1. The summed E-state index contributed by atoms with van der Waals surface area (Å²) in [6, 6.07) is 12.2. The van der Waals surface area contributed by atoms with Crippen molar-refractivity contribution in [3.63, 3.8) is 0 Å². The number of aliphatic imine (C=N–C) groups is 1. The van der Waals surface area contributed by atoms with Crippen LogP contribution < -0.4 is 16.4 Å². The topological polar surface area (TPSA) is 205 Å². The van der Waals surface area contributed by atoms with Gasteiger partial charge in [-0.2, -0.15) is 0 Å². The summed E-state index contributed by atoms with van der Waals surface area (Å²) in [5.74, 6) is -3.15. The number of hydrogen-bond donors (Lipinski definition) is 3. The number of amides is 4. The standard InChI is InChI=1S/C44H48F2N10O6/c1-27(5-8-40(57)53-61)56-43(59)33-7-6-31(21-34(33)44(56)60)48-11-12-49-41(58)26-54-13-9-30(10-14-54)50-23-29(22-47)39-24-51-38-4-2-3-32(42(38)52-39)28-19-36(45)35(37(46)20-28)25-55-15-17-62-18-16-55/h2-4,6-7,19-24,27,30,48H,5,8-18,25-26,47H2,1H3,(H,49,58). The van der Waals surface area contributed by atoms with Gasteiger partial charge >= 0.3 is 0 Å². The number of hydrogen-bond acceptors (Lipinski definition) is 13. The van der Waals surface area contributed by atoms with Crippen LogP contribution in [0.3, 0.4) is 0 Å². The van der Waals surface area contributed by atoms with Crippen LogP contribution in [0.1, 0.15) is 64.6 Å². The number of nitroso groups, excluding NO2 is 1. The Kier molecular flexibility index (Phi) is 14.1. The van der Waals surface area contributed by atoms with Crippen LogP contribution in [0.4, 0.5) is 14.5 Å². The van der Waals surface area contributed by atoms with E-state index in [2.05, 4.69) is 25.7 Å². The number of para-hydroxylation sites is 1. The first-order valence-corrected chi connectivity index (χ1v) is 20.6. The summed E-state index contributed by atoms with van der Waals surface area (Å²) in [5.41, 5.74) is 10.1. The fourth-order valence-electron chi connectivity index (χ4n) is 7.85. The van der Waals surface area contributed by atoms with Crippen molar-refractivity contribution in [1.29, 1.82) is 0 Å². The third kappa shape index (κ3) is 10.2. The molecule has 3 aliphatic rings. The molecule has 0 saturated carbocycles. The zero-order chi connectivity index (χ0) is 43.8. The number of benzene rings is 3. The van der Waals surface area contributed by atoms with E-state index in [1.54, 1.807) is 55.7 Å². The maximum Gasteiger partial charge on any atom is 0.286 e. The molecule has 4 aromatic rings. The Hall–Kier alpha value is -6.37. The van der Waals surface area contributed by atoms with Crippen molar-refractivity contribution >= 4 is 52.1 Å². The predicted molar refractivity (Wildman–Crippen MR) is 229 cm³/mol. The van der Waals surface area contributed by atoms with Gasteiger partial charge in [-0.25, -0.2) is 13.8 Å². The lowest BCUT2D eigenvalue weighted by atomic mass is 10.0. The zero-order valence-corrected chi connectivity index (χ0v) is 34.3. The van der Waals surface area contributed by atoms with Gasteiger partial charge in [0.1, 0.15) is 11.6 Å². The second-order valence-corrected chi connectivity index (χ2v) is 15.5. The number of likely N-dealkylation sites (tertiary alicyclic amines) is 1. The first-order chi connectivity index (χ1) is 30.0. The van der Waals surface area contributed by atoms with Gasteiger partial charge in [-0.15, -0.1) is 4.91 Å². The van der Waals surface area contributed by atoms with Crippen molar-refractivity contribution in [3.8, 4) is 11.1 Å². The Balaban J connectivity index is 0.874. The van der Waals surface area contributed by atoms with Gasteiger partial charge in [-0.3, -0.25) is 43.9 Å². The highest BCUT2D eigenvalue weighted by molar-refractivity contribution is 6.22. The number of morpholine rings is 1. The molecule has 3 aromatic carbocycles. The molecule has 0 bridgehead atoms. The second-order valence-electron chi connectivity index (χ2n) is 15.5. The van der Waals surface area contributed by atoms with E-state index in [0.717, 1.165) is 17.7 Å². The number of carbonyl (C=O) groups excluding carboxylic acids is 4. The summed E-state index contributed by atoms with van der Waals surface area (Å²) in [4.78, 5) is 79.7. The number of aromatic nitrogens is 2. The van der Waals surface area contributed by atoms with Crippen LogP contribution in [0.5, 0.6) is 0 Å². The number of nitrogens with two attached hydrogens (primary N) is 1. The number of nitrogens with one attached hydrogen (secondary N) is 2. The van der Waals surface area contributed by atoms with Crippen LogP contribution in [-0.4, -0.2) is 126 Å². The first-order valence-electron chi connectivity index (χ1n) is 20.6. The number of allylic oxidation sites excluding steroid dienone is 1. The third-order valence-corrected chi connectivity index (χ3v) is 11.3. The average Bonchev–Trinajstić information content (AvgIpc) is 3.53. The van der Waals surface area contributed by atoms with Gasteiger partial charge in [-0.05, 0) is 68.1 Å². The van der Waals surface area contributed by atoms with Gasteiger partial charge in [0.05, 0.1) is 59.9 Å². The Morgan fingerprint density at radius 2 is 1.71 bits per heavy atom. The molecule has 4 amide bonds. The molecule has 0 radical (unpaired) electrons. The molecule has 0 aliphatic carbocycles. The Labute approximate surface area is 356 Å². The molecule has 324 valence electrons. The molecule has 3 aliphatic heterocycles. The van der Waals surface area contributed by atoms with Crippen LogP contribution in [0.2, 0.25) is 0 Å². The van der Waals surface area contributed by atoms with E-state index in [1.807, 2.05) is 4.90 Å². The highest BCUT2D eigenvalue weighted by Crippen LogP contribution is 2.31. The van der Waals surface area contributed by atoms with E-state index < -0.39 is 35.4 Å². The normalized spacial score (nSPS) is 17.1. The molecule has 4 heterocycles. The van der Waals surface area contributed by atoms with Gasteiger partial charge < -0.3 is 21.1 Å². The number of nitrogens with zero attached hydrogens (tertiary/aromatic N) is 7. The monoisotopic (exact) mass is 850 g/mol. The van der Waals surface area contributed by atoms with Crippen LogP contribution in [0, 0.1) is 16.5 Å². The van der Waals surface area contributed by atoms with Crippen LogP contribution >= 0.6 is 0 Å². The van der Waals surface area contributed by atoms with E-state index in [1.165, 1.54) is 18.3 Å². The lowest BCUT2D eigenvalue weighted by molar-refractivity contribution is -0.122. The van der Waals surface area contributed by atoms with Crippen LogP contribution in [0.25, 0.3) is 27.7 Å². The van der Waals surface area contributed by atoms with E-state index in [0.29, 0.717) is 91.6 Å². The Morgan fingerprint density at radius 1 is 0.968 bits per heavy atom. The minimum absolute atomic E-state index is 0.00637. The quantitative estimate of drug-likeness (QED) is 0.0616. The number of piperidine rings is 1. The largest absolute Gasteiger partial charge is 0.404 e. The minimum atomic E-state index is -0.833. The van der Waals surface area contributed by atoms with Crippen molar-refractivity contribution in [2.75, 3.05) is 64.3 Å². The van der Waals surface area contributed by atoms with Crippen molar-refractivity contribution in [1.82, 2.24) is 30.0 Å². The van der Waals surface area contributed by atoms with Crippen molar-refractivity contribution in [2.45, 2.75) is 51.2 Å². The molecule has 62 heavy (non-hydrogen) atoms. The van der Waals surface area contributed by atoms with Crippen molar-refractivity contribution in [2.24, 2.45) is 15.9 Å². The smallest absolute Gasteiger partial charge is 0.286 e. The molecule has 1 unspecified atom stereocenters. The fraction of sp³-hybridized carbons (Fsp3) is 0.386. The van der Waals surface area contributed by atoms with Gasteiger partial charge in [0.25, 0.3) is 17.7 Å². The molecule has 1 atom stereocenters. The molecule has 2 saturated heterocycles. The summed E-state index contributed by atoms with van der Waals surface area (Å²) in [5, 5.41) is 8.44. The van der Waals surface area contributed by atoms with Crippen LogP contribution in [-0.2, 0) is 20.9 Å². The zero-order valence-electron chi connectivity index (χ0n) is 34.3. The number of carbonyl (C=O) groups is 4. The Morgan fingerprint density at radius 3 is 2.44 bits per heavy atom. The molecule has 1 aromatic heterocycles. The highest BCUT2D eigenvalue weighted by Gasteiger charge is 2.38. The second kappa shape index (κ2) is 20.0. The fourth-order valence-corrected chi connectivity index (χ4v) is 7.85. The number of halogens is 2. The van der Waals surface area contributed by atoms with Gasteiger partial charge in [-0.1, -0.05) is 12.1 Å². The average molecular weight is 851 g/mol. The van der Waals surface area contributed by atoms with E-state index in [4.69, 9.17) is 20.4 Å². The lowest BCUT2D eigenvalue weighted by Crippen LogP contribution is -2.43.